The maximum absolute atomic E-state index is 12.3. The molecule has 0 radical (unpaired) electrons. The monoisotopic (exact) mass is 336 g/mol. The molecular formula is C15H14Cl2N4O. The van der Waals surface area contributed by atoms with Gasteiger partial charge >= 0.3 is 0 Å². The second-order valence-electron chi connectivity index (χ2n) is 4.47. The van der Waals surface area contributed by atoms with Gasteiger partial charge in [-0.25, -0.2) is 9.97 Å². The highest BCUT2D eigenvalue weighted by Crippen LogP contribution is 2.25. The molecule has 0 aliphatic carbocycles. The first kappa shape index (κ1) is 16.3. The number of nitrogens with one attached hydrogen (secondary N) is 2. The standard InChI is InChI=1S/C15H14Cl2N4O/c1-3-6-18-15-19-9(2)7-13(21-15)14(22)20-12-5-4-10(16)8-11(12)17/h3-5,7-8H,1,6H2,2H3,(H,20,22)(H,18,19,21). The summed E-state index contributed by atoms with van der Waals surface area (Å²) in [6, 6.07) is 6.43. The summed E-state index contributed by atoms with van der Waals surface area (Å²) >= 11 is 11.9. The summed E-state index contributed by atoms with van der Waals surface area (Å²) < 4.78 is 0. The fraction of sp³-hybridized carbons (Fsp3) is 0.133. The van der Waals surface area contributed by atoms with E-state index in [0.717, 1.165) is 0 Å². The molecule has 0 saturated heterocycles. The molecule has 22 heavy (non-hydrogen) atoms. The third-order valence-corrected chi connectivity index (χ3v) is 3.22. The Labute approximate surface area is 138 Å². The summed E-state index contributed by atoms with van der Waals surface area (Å²) in [7, 11) is 0. The van der Waals surface area contributed by atoms with Crippen LogP contribution in [0.3, 0.4) is 0 Å². The van der Waals surface area contributed by atoms with E-state index in [0.29, 0.717) is 33.9 Å². The SMILES string of the molecule is C=CCNc1nc(C)cc(C(=O)Nc2ccc(Cl)cc2Cl)n1. The number of amides is 1. The van der Waals surface area contributed by atoms with Gasteiger partial charge in [0.25, 0.3) is 5.91 Å². The lowest BCUT2D eigenvalue weighted by molar-refractivity contribution is 0.102. The summed E-state index contributed by atoms with van der Waals surface area (Å²) in [5, 5.41) is 6.50. The van der Waals surface area contributed by atoms with Crippen LogP contribution < -0.4 is 10.6 Å². The third-order valence-electron chi connectivity index (χ3n) is 2.67. The number of anilines is 2. The second-order valence-corrected chi connectivity index (χ2v) is 5.31. The summed E-state index contributed by atoms with van der Waals surface area (Å²) in [5.41, 5.74) is 1.38. The zero-order valence-corrected chi connectivity index (χ0v) is 13.4. The van der Waals surface area contributed by atoms with E-state index in [1.165, 1.54) is 0 Å². The number of halogens is 2. The van der Waals surface area contributed by atoms with Crippen LogP contribution in [0, 0.1) is 6.92 Å². The van der Waals surface area contributed by atoms with Gasteiger partial charge in [0.15, 0.2) is 0 Å². The Morgan fingerprint density at radius 2 is 2.09 bits per heavy atom. The molecule has 0 unspecified atom stereocenters. The van der Waals surface area contributed by atoms with Crippen LogP contribution in [-0.2, 0) is 0 Å². The highest BCUT2D eigenvalue weighted by molar-refractivity contribution is 6.36. The molecule has 114 valence electrons. The molecule has 1 aromatic carbocycles. The summed E-state index contributed by atoms with van der Waals surface area (Å²) in [4.78, 5) is 20.6. The molecule has 0 atom stereocenters. The van der Waals surface area contributed by atoms with E-state index in [1.54, 1.807) is 37.3 Å². The van der Waals surface area contributed by atoms with Gasteiger partial charge in [0, 0.05) is 17.3 Å². The molecule has 0 saturated carbocycles. The van der Waals surface area contributed by atoms with Gasteiger partial charge < -0.3 is 10.6 Å². The zero-order chi connectivity index (χ0) is 16.1. The number of carbonyl (C=O) groups excluding carboxylic acids is 1. The van der Waals surface area contributed by atoms with Crippen molar-refractivity contribution in [2.75, 3.05) is 17.2 Å². The third kappa shape index (κ3) is 4.19. The van der Waals surface area contributed by atoms with Crippen molar-refractivity contribution in [2.45, 2.75) is 6.92 Å². The van der Waals surface area contributed by atoms with E-state index in [9.17, 15) is 4.79 Å². The van der Waals surface area contributed by atoms with Gasteiger partial charge in [0.2, 0.25) is 5.95 Å². The average Bonchev–Trinajstić information content (AvgIpc) is 2.47. The molecule has 1 heterocycles. The highest BCUT2D eigenvalue weighted by Gasteiger charge is 2.12. The normalized spacial score (nSPS) is 10.1. The van der Waals surface area contributed by atoms with Crippen molar-refractivity contribution in [1.29, 1.82) is 0 Å². The molecule has 1 amide bonds. The molecule has 2 N–H and O–H groups in total. The van der Waals surface area contributed by atoms with Crippen molar-refractivity contribution < 1.29 is 4.79 Å². The summed E-state index contributed by atoms with van der Waals surface area (Å²) in [6.45, 7) is 5.90. The molecule has 2 rings (SSSR count). The zero-order valence-electron chi connectivity index (χ0n) is 11.9. The molecule has 2 aromatic rings. The first-order valence-corrected chi connectivity index (χ1v) is 7.22. The van der Waals surface area contributed by atoms with Crippen molar-refractivity contribution in [2.24, 2.45) is 0 Å². The van der Waals surface area contributed by atoms with Gasteiger partial charge in [0.1, 0.15) is 5.69 Å². The van der Waals surface area contributed by atoms with Crippen LogP contribution in [0.4, 0.5) is 11.6 Å². The predicted molar refractivity (Wildman–Crippen MR) is 89.9 cm³/mol. The van der Waals surface area contributed by atoms with Crippen molar-refractivity contribution in [3.8, 4) is 0 Å². The number of nitrogens with zero attached hydrogens (tertiary/aromatic N) is 2. The smallest absolute Gasteiger partial charge is 0.274 e. The Bertz CT molecular complexity index is 719. The molecule has 0 aliphatic rings. The Kier molecular flexibility index (Phi) is 5.35. The quantitative estimate of drug-likeness (QED) is 0.811. The van der Waals surface area contributed by atoms with Gasteiger partial charge in [-0.15, -0.1) is 6.58 Å². The number of benzene rings is 1. The maximum Gasteiger partial charge on any atom is 0.274 e. The number of aryl methyl sites for hydroxylation is 1. The van der Waals surface area contributed by atoms with Crippen LogP contribution in [0.2, 0.25) is 10.0 Å². The van der Waals surface area contributed by atoms with E-state index in [-0.39, 0.29) is 11.6 Å². The Balaban J connectivity index is 2.21. The Morgan fingerprint density at radius 3 is 2.77 bits per heavy atom. The first-order valence-electron chi connectivity index (χ1n) is 6.46. The van der Waals surface area contributed by atoms with E-state index < -0.39 is 0 Å². The minimum atomic E-state index is -0.378. The number of rotatable bonds is 5. The van der Waals surface area contributed by atoms with Crippen molar-refractivity contribution in [3.63, 3.8) is 0 Å². The van der Waals surface area contributed by atoms with E-state index in [2.05, 4.69) is 27.2 Å². The van der Waals surface area contributed by atoms with Crippen molar-refractivity contribution in [1.82, 2.24) is 9.97 Å². The van der Waals surface area contributed by atoms with Gasteiger partial charge in [-0.05, 0) is 31.2 Å². The lowest BCUT2D eigenvalue weighted by Gasteiger charge is -2.09. The average molecular weight is 337 g/mol. The Hall–Kier alpha value is -2.11. The van der Waals surface area contributed by atoms with Crippen LogP contribution in [0.1, 0.15) is 16.2 Å². The fourth-order valence-electron chi connectivity index (χ4n) is 1.70. The minimum Gasteiger partial charge on any atom is -0.351 e. The van der Waals surface area contributed by atoms with Gasteiger partial charge in [-0.2, -0.15) is 0 Å². The molecule has 0 spiro atoms. The van der Waals surface area contributed by atoms with E-state index >= 15 is 0 Å². The molecule has 7 heteroatoms. The minimum absolute atomic E-state index is 0.241. The molecule has 1 aromatic heterocycles. The van der Waals surface area contributed by atoms with Gasteiger partial charge in [-0.3, -0.25) is 4.79 Å². The summed E-state index contributed by atoms with van der Waals surface area (Å²) in [6.07, 6.45) is 1.68. The highest BCUT2D eigenvalue weighted by atomic mass is 35.5. The summed E-state index contributed by atoms with van der Waals surface area (Å²) in [5.74, 6) is -0.0105. The number of carbonyl (C=O) groups is 1. The first-order chi connectivity index (χ1) is 10.5. The number of hydrogen-bond donors (Lipinski definition) is 2. The number of hydrogen-bond acceptors (Lipinski definition) is 4. The molecular weight excluding hydrogens is 323 g/mol. The molecule has 0 fully saturated rings. The second kappa shape index (κ2) is 7.24. The predicted octanol–water partition coefficient (Wildman–Crippen LogP) is 3.94. The lowest BCUT2D eigenvalue weighted by Crippen LogP contribution is -2.16. The van der Waals surface area contributed by atoms with Crippen LogP contribution in [0.15, 0.2) is 36.9 Å². The van der Waals surface area contributed by atoms with E-state index in [1.807, 2.05) is 0 Å². The van der Waals surface area contributed by atoms with Crippen LogP contribution in [0.5, 0.6) is 0 Å². The molecule has 5 nitrogen and oxygen atoms in total. The molecule has 0 aliphatic heterocycles. The van der Waals surface area contributed by atoms with Crippen LogP contribution in [0.25, 0.3) is 0 Å². The van der Waals surface area contributed by atoms with E-state index in [4.69, 9.17) is 23.2 Å². The van der Waals surface area contributed by atoms with Crippen molar-refractivity contribution in [3.05, 3.63) is 58.4 Å². The van der Waals surface area contributed by atoms with Crippen molar-refractivity contribution >= 4 is 40.7 Å². The lowest BCUT2D eigenvalue weighted by atomic mass is 10.3. The van der Waals surface area contributed by atoms with Gasteiger partial charge in [0.05, 0.1) is 10.7 Å². The Morgan fingerprint density at radius 1 is 1.32 bits per heavy atom. The van der Waals surface area contributed by atoms with Crippen LogP contribution >= 0.6 is 23.2 Å². The number of aromatic nitrogens is 2. The molecule has 0 bridgehead atoms. The van der Waals surface area contributed by atoms with Gasteiger partial charge in [-0.1, -0.05) is 29.3 Å². The topological polar surface area (TPSA) is 66.9 Å². The fourth-order valence-corrected chi connectivity index (χ4v) is 2.16. The maximum atomic E-state index is 12.3. The van der Waals surface area contributed by atoms with Crippen LogP contribution in [-0.4, -0.2) is 22.4 Å². The largest absolute Gasteiger partial charge is 0.351 e.